The Morgan fingerprint density at radius 3 is 2.78 bits per heavy atom. The molecule has 4 rings (SSSR count). The van der Waals surface area contributed by atoms with Crippen molar-refractivity contribution in [3.63, 3.8) is 0 Å². The maximum atomic E-state index is 13.0. The predicted octanol–water partition coefficient (Wildman–Crippen LogP) is 4.31. The van der Waals surface area contributed by atoms with Gasteiger partial charge in [-0.2, -0.15) is 0 Å². The molecule has 1 saturated carbocycles. The first-order valence-electron chi connectivity index (χ1n) is 8.20. The van der Waals surface area contributed by atoms with Crippen LogP contribution in [0.25, 0.3) is 0 Å². The summed E-state index contributed by atoms with van der Waals surface area (Å²) in [7, 11) is 0. The summed E-state index contributed by atoms with van der Waals surface area (Å²) in [4.78, 5) is 19.1. The van der Waals surface area contributed by atoms with Crippen LogP contribution in [0.4, 0.5) is 0 Å². The monoisotopic (exact) mass is 370 g/mol. The molecule has 0 bridgehead atoms. The molecule has 0 spiro atoms. The minimum absolute atomic E-state index is 0.159. The van der Waals surface area contributed by atoms with Crippen molar-refractivity contribution in [1.82, 2.24) is 9.88 Å². The second-order valence-electron chi connectivity index (χ2n) is 6.47. The van der Waals surface area contributed by atoms with Crippen LogP contribution < -0.4 is 0 Å². The molecule has 3 atom stereocenters. The summed E-state index contributed by atoms with van der Waals surface area (Å²) in [6.07, 6.45) is 6.77. The van der Waals surface area contributed by atoms with E-state index in [1.54, 1.807) is 0 Å². The number of pyridine rings is 1. The Kier molecular flexibility index (Phi) is 3.93. The van der Waals surface area contributed by atoms with Crippen molar-refractivity contribution in [3.8, 4) is 0 Å². The summed E-state index contributed by atoms with van der Waals surface area (Å²) in [5, 5.41) is 0. The van der Waals surface area contributed by atoms with E-state index in [0.717, 1.165) is 30.3 Å². The van der Waals surface area contributed by atoms with Crippen LogP contribution in [-0.4, -0.2) is 22.3 Å². The number of nitrogens with zero attached hydrogens (tertiary/aromatic N) is 2. The molecule has 23 heavy (non-hydrogen) atoms. The van der Waals surface area contributed by atoms with Crippen LogP contribution in [0, 0.1) is 5.92 Å². The standard InChI is InChI=1S/C19H19BrN2O/c20-15-4-1-3-14(11-15)16-12-17(16)19(23)22-10-2-5-18(22)13-6-8-21-9-7-13/h1,3-4,6-9,11,16-18H,2,5,10,12H2/t16-,17+,18-/m0/s1. The topological polar surface area (TPSA) is 33.2 Å². The van der Waals surface area contributed by atoms with Gasteiger partial charge in [-0.05, 0) is 60.6 Å². The molecule has 4 heteroatoms. The summed E-state index contributed by atoms with van der Waals surface area (Å²) in [5.41, 5.74) is 2.49. The van der Waals surface area contributed by atoms with E-state index in [9.17, 15) is 4.79 Å². The van der Waals surface area contributed by atoms with E-state index < -0.39 is 0 Å². The van der Waals surface area contributed by atoms with Gasteiger partial charge in [-0.1, -0.05) is 28.1 Å². The third kappa shape index (κ3) is 2.92. The van der Waals surface area contributed by atoms with E-state index in [1.165, 1.54) is 11.1 Å². The lowest BCUT2D eigenvalue weighted by molar-refractivity contribution is -0.133. The van der Waals surface area contributed by atoms with Crippen molar-refractivity contribution in [3.05, 3.63) is 64.4 Å². The smallest absolute Gasteiger partial charge is 0.226 e. The van der Waals surface area contributed by atoms with Crippen LogP contribution in [0.1, 0.15) is 42.3 Å². The van der Waals surface area contributed by atoms with Gasteiger partial charge in [0.25, 0.3) is 0 Å². The lowest BCUT2D eigenvalue weighted by Gasteiger charge is -2.25. The van der Waals surface area contributed by atoms with Gasteiger partial charge in [0.15, 0.2) is 0 Å². The third-order valence-corrected chi connectivity index (χ3v) is 5.50. The Morgan fingerprint density at radius 1 is 1.17 bits per heavy atom. The highest BCUT2D eigenvalue weighted by Gasteiger charge is 2.47. The number of halogens is 1. The first-order valence-corrected chi connectivity index (χ1v) is 8.99. The van der Waals surface area contributed by atoms with Gasteiger partial charge in [-0.15, -0.1) is 0 Å². The van der Waals surface area contributed by atoms with Gasteiger partial charge in [0, 0.05) is 29.3 Å². The van der Waals surface area contributed by atoms with Gasteiger partial charge in [0.2, 0.25) is 5.91 Å². The maximum Gasteiger partial charge on any atom is 0.226 e. The number of hydrogen-bond donors (Lipinski definition) is 0. The predicted molar refractivity (Wildman–Crippen MR) is 92.9 cm³/mol. The molecule has 1 aromatic heterocycles. The fourth-order valence-corrected chi connectivity index (χ4v) is 4.17. The molecule has 118 valence electrons. The average molecular weight is 371 g/mol. The minimum atomic E-state index is 0.159. The number of aromatic nitrogens is 1. The molecule has 1 amide bonds. The normalized spacial score (nSPS) is 26.3. The van der Waals surface area contributed by atoms with Crippen LogP contribution in [0.15, 0.2) is 53.3 Å². The van der Waals surface area contributed by atoms with Crippen molar-refractivity contribution < 1.29 is 4.79 Å². The fourth-order valence-electron chi connectivity index (χ4n) is 3.75. The lowest BCUT2D eigenvalue weighted by atomic mass is 10.1. The quantitative estimate of drug-likeness (QED) is 0.806. The number of likely N-dealkylation sites (tertiary alicyclic amines) is 1. The zero-order valence-electron chi connectivity index (χ0n) is 12.9. The van der Waals surface area contributed by atoms with Crippen LogP contribution in [0.2, 0.25) is 0 Å². The van der Waals surface area contributed by atoms with Crippen LogP contribution >= 0.6 is 15.9 Å². The van der Waals surface area contributed by atoms with Crippen LogP contribution in [-0.2, 0) is 4.79 Å². The molecule has 1 aliphatic heterocycles. The van der Waals surface area contributed by atoms with Crippen molar-refractivity contribution in [2.75, 3.05) is 6.54 Å². The molecule has 0 radical (unpaired) electrons. The van der Waals surface area contributed by atoms with E-state index in [4.69, 9.17) is 0 Å². The number of hydrogen-bond acceptors (Lipinski definition) is 2. The van der Waals surface area contributed by atoms with Gasteiger partial charge in [0.05, 0.1) is 6.04 Å². The highest BCUT2D eigenvalue weighted by molar-refractivity contribution is 9.10. The summed E-state index contributed by atoms with van der Waals surface area (Å²) < 4.78 is 1.09. The Hall–Kier alpha value is -1.68. The number of rotatable bonds is 3. The zero-order chi connectivity index (χ0) is 15.8. The molecule has 3 nitrogen and oxygen atoms in total. The Balaban J connectivity index is 1.49. The van der Waals surface area contributed by atoms with Gasteiger partial charge in [0.1, 0.15) is 0 Å². The summed E-state index contributed by atoms with van der Waals surface area (Å²) in [6, 6.07) is 12.7. The van der Waals surface area contributed by atoms with Crippen LogP contribution in [0.5, 0.6) is 0 Å². The highest BCUT2D eigenvalue weighted by Crippen LogP contribution is 2.50. The maximum absolute atomic E-state index is 13.0. The molecular formula is C19H19BrN2O. The molecule has 2 aliphatic rings. The zero-order valence-corrected chi connectivity index (χ0v) is 14.4. The van der Waals surface area contributed by atoms with Gasteiger partial charge in [-0.25, -0.2) is 0 Å². The molecule has 1 saturated heterocycles. The van der Waals surface area contributed by atoms with Gasteiger partial charge >= 0.3 is 0 Å². The van der Waals surface area contributed by atoms with E-state index in [-0.39, 0.29) is 12.0 Å². The van der Waals surface area contributed by atoms with Crippen LogP contribution in [0.3, 0.4) is 0 Å². The first kappa shape index (κ1) is 14.9. The molecule has 2 aromatic rings. The Labute approximate surface area is 144 Å². The number of amides is 1. The summed E-state index contributed by atoms with van der Waals surface area (Å²) >= 11 is 3.52. The van der Waals surface area contributed by atoms with Crippen molar-refractivity contribution >= 4 is 21.8 Å². The fraction of sp³-hybridized carbons (Fsp3) is 0.368. The summed E-state index contributed by atoms with van der Waals surface area (Å²) in [6.45, 7) is 0.882. The molecule has 2 heterocycles. The van der Waals surface area contributed by atoms with E-state index in [0.29, 0.717) is 11.8 Å². The third-order valence-electron chi connectivity index (χ3n) is 5.01. The molecule has 2 fully saturated rings. The Morgan fingerprint density at radius 2 is 2.00 bits per heavy atom. The lowest BCUT2D eigenvalue weighted by Crippen LogP contribution is -2.32. The molecule has 1 aromatic carbocycles. The van der Waals surface area contributed by atoms with E-state index >= 15 is 0 Å². The molecule has 1 aliphatic carbocycles. The highest BCUT2D eigenvalue weighted by atomic mass is 79.9. The van der Waals surface area contributed by atoms with Crippen molar-refractivity contribution in [2.24, 2.45) is 5.92 Å². The SMILES string of the molecule is O=C([C@@H]1C[C@H]1c1cccc(Br)c1)N1CCC[C@H]1c1ccncc1. The molecular weight excluding hydrogens is 352 g/mol. The second-order valence-corrected chi connectivity index (χ2v) is 7.39. The largest absolute Gasteiger partial charge is 0.335 e. The molecule has 0 N–H and O–H groups in total. The summed E-state index contributed by atoms with van der Waals surface area (Å²) in [5.74, 6) is 0.875. The number of carbonyl (C=O) groups excluding carboxylic acids is 1. The minimum Gasteiger partial charge on any atom is -0.335 e. The Bertz CT molecular complexity index is 718. The number of benzene rings is 1. The van der Waals surface area contributed by atoms with Gasteiger partial charge in [-0.3, -0.25) is 9.78 Å². The molecule has 0 unspecified atom stereocenters. The number of carbonyl (C=O) groups is 1. The average Bonchev–Trinajstić information content (AvgIpc) is 3.23. The van der Waals surface area contributed by atoms with Crippen molar-refractivity contribution in [1.29, 1.82) is 0 Å². The van der Waals surface area contributed by atoms with Crippen molar-refractivity contribution in [2.45, 2.75) is 31.2 Å². The van der Waals surface area contributed by atoms with E-state index in [1.807, 2.05) is 30.6 Å². The second kappa shape index (κ2) is 6.08. The first-order chi connectivity index (χ1) is 11.2. The van der Waals surface area contributed by atoms with E-state index in [2.05, 4.69) is 44.0 Å². The van der Waals surface area contributed by atoms with Gasteiger partial charge < -0.3 is 4.90 Å².